The van der Waals surface area contributed by atoms with Gasteiger partial charge in [-0.1, -0.05) is 6.07 Å². The molecule has 0 aliphatic carbocycles. The zero-order chi connectivity index (χ0) is 13.8. The maximum Gasteiger partial charge on any atom is 0.264 e. The molecule has 0 aliphatic heterocycles. The average molecular weight is 294 g/mol. The van der Waals surface area contributed by atoms with Crippen LogP contribution >= 0.6 is 22.7 Å². The van der Waals surface area contributed by atoms with Gasteiger partial charge in [0.05, 0.1) is 16.4 Å². The number of hydrogen-bond donors (Lipinski definition) is 1. The van der Waals surface area contributed by atoms with E-state index in [1.165, 1.54) is 18.3 Å². The predicted molar refractivity (Wildman–Crippen MR) is 78.7 cm³/mol. The lowest BCUT2D eigenvalue weighted by Crippen LogP contribution is -2.24. The first-order chi connectivity index (χ1) is 9.06. The summed E-state index contributed by atoms with van der Waals surface area (Å²) in [6, 6.07) is 7.46. The van der Waals surface area contributed by atoms with Gasteiger partial charge in [-0.15, -0.1) is 22.7 Å². The molecule has 6 heteroatoms. The Balaban J connectivity index is 2.02. The van der Waals surface area contributed by atoms with Crippen molar-refractivity contribution >= 4 is 39.5 Å². The van der Waals surface area contributed by atoms with E-state index in [0.717, 1.165) is 4.88 Å². The second kappa shape index (κ2) is 5.99. The number of thiophene rings is 2. The van der Waals surface area contributed by atoms with Crippen LogP contribution in [0.15, 0.2) is 29.6 Å². The Kier molecular flexibility index (Phi) is 4.34. The Morgan fingerprint density at radius 2 is 2.11 bits per heavy atom. The van der Waals surface area contributed by atoms with Crippen molar-refractivity contribution in [3.05, 3.63) is 39.4 Å². The molecule has 100 valence electrons. The molecule has 0 fully saturated rings. The number of carbonyl (C=O) groups is 2. The van der Waals surface area contributed by atoms with Gasteiger partial charge in [0.1, 0.15) is 0 Å². The summed E-state index contributed by atoms with van der Waals surface area (Å²) in [5.74, 6) is -0.164. The van der Waals surface area contributed by atoms with E-state index in [0.29, 0.717) is 16.4 Å². The van der Waals surface area contributed by atoms with Crippen LogP contribution in [0.2, 0.25) is 0 Å². The summed E-state index contributed by atoms with van der Waals surface area (Å²) >= 11 is 2.92. The molecule has 2 aromatic heterocycles. The van der Waals surface area contributed by atoms with Gasteiger partial charge < -0.3 is 10.2 Å². The number of carbonyl (C=O) groups excluding carboxylic acids is 2. The fraction of sp³-hybridized carbons (Fsp3) is 0.231. The number of anilines is 1. The van der Waals surface area contributed by atoms with E-state index in [2.05, 4.69) is 5.32 Å². The van der Waals surface area contributed by atoms with Gasteiger partial charge in [0, 0.05) is 18.8 Å². The molecule has 19 heavy (non-hydrogen) atoms. The Morgan fingerprint density at radius 1 is 1.32 bits per heavy atom. The summed E-state index contributed by atoms with van der Waals surface area (Å²) in [6.07, 6.45) is 0. The minimum absolute atomic E-state index is 0.0324. The second-order valence-corrected chi connectivity index (χ2v) is 6.20. The van der Waals surface area contributed by atoms with Gasteiger partial charge in [-0.05, 0) is 23.6 Å². The van der Waals surface area contributed by atoms with Crippen molar-refractivity contribution in [2.24, 2.45) is 0 Å². The standard InChI is InChI=1S/C13H14N2O2S2/c1-9(16)14-12-6-5-11(19-12)13(17)15(2)8-10-4-3-7-18-10/h3-7H,8H2,1-2H3,(H,14,16). The molecule has 0 saturated heterocycles. The third-order valence-corrected chi connectivity index (χ3v) is 4.29. The summed E-state index contributed by atoms with van der Waals surface area (Å²) in [4.78, 5) is 26.6. The van der Waals surface area contributed by atoms with E-state index in [9.17, 15) is 9.59 Å². The Hall–Kier alpha value is -1.66. The van der Waals surface area contributed by atoms with Gasteiger partial charge in [-0.25, -0.2) is 0 Å². The number of nitrogens with zero attached hydrogens (tertiary/aromatic N) is 1. The highest BCUT2D eigenvalue weighted by Gasteiger charge is 2.15. The van der Waals surface area contributed by atoms with Gasteiger partial charge in [-0.2, -0.15) is 0 Å². The molecular weight excluding hydrogens is 280 g/mol. The second-order valence-electron chi connectivity index (χ2n) is 4.09. The highest BCUT2D eigenvalue weighted by Crippen LogP contribution is 2.23. The number of nitrogens with one attached hydrogen (secondary N) is 1. The normalized spacial score (nSPS) is 10.2. The zero-order valence-corrected chi connectivity index (χ0v) is 12.3. The van der Waals surface area contributed by atoms with E-state index >= 15 is 0 Å². The van der Waals surface area contributed by atoms with Gasteiger partial charge >= 0.3 is 0 Å². The fourth-order valence-corrected chi connectivity index (χ4v) is 3.29. The van der Waals surface area contributed by atoms with E-state index < -0.39 is 0 Å². The molecule has 0 aliphatic rings. The minimum atomic E-state index is -0.132. The summed E-state index contributed by atoms with van der Waals surface area (Å²) in [6.45, 7) is 2.05. The highest BCUT2D eigenvalue weighted by molar-refractivity contribution is 7.18. The van der Waals surface area contributed by atoms with Crippen LogP contribution in [0.3, 0.4) is 0 Å². The molecule has 0 atom stereocenters. The first kappa shape index (κ1) is 13.8. The smallest absolute Gasteiger partial charge is 0.264 e. The number of amides is 2. The number of rotatable bonds is 4. The third-order valence-electron chi connectivity index (χ3n) is 2.44. The Morgan fingerprint density at radius 3 is 2.74 bits per heavy atom. The van der Waals surface area contributed by atoms with Crippen LogP contribution in [0.5, 0.6) is 0 Å². The van der Waals surface area contributed by atoms with Gasteiger partial charge in [-0.3, -0.25) is 9.59 Å². The van der Waals surface area contributed by atoms with Crippen LogP contribution in [0.25, 0.3) is 0 Å². The minimum Gasteiger partial charge on any atom is -0.336 e. The molecule has 1 N–H and O–H groups in total. The lowest BCUT2D eigenvalue weighted by atomic mass is 10.3. The van der Waals surface area contributed by atoms with Crippen molar-refractivity contribution in [3.8, 4) is 0 Å². The molecule has 0 bridgehead atoms. The molecule has 0 unspecified atom stereocenters. The molecule has 2 rings (SSSR count). The average Bonchev–Trinajstić information content (AvgIpc) is 2.98. The molecule has 2 amide bonds. The van der Waals surface area contributed by atoms with Crippen molar-refractivity contribution in [1.29, 1.82) is 0 Å². The van der Waals surface area contributed by atoms with E-state index in [-0.39, 0.29) is 11.8 Å². The van der Waals surface area contributed by atoms with Crippen LogP contribution in [0, 0.1) is 0 Å². The Bertz CT molecular complexity index is 575. The molecular formula is C13H14N2O2S2. The molecule has 2 aromatic rings. The lowest BCUT2D eigenvalue weighted by Gasteiger charge is -2.14. The summed E-state index contributed by atoms with van der Waals surface area (Å²) in [7, 11) is 1.78. The van der Waals surface area contributed by atoms with Gasteiger partial charge in [0.2, 0.25) is 5.91 Å². The highest BCUT2D eigenvalue weighted by atomic mass is 32.1. The monoisotopic (exact) mass is 294 g/mol. The molecule has 0 aromatic carbocycles. The third kappa shape index (κ3) is 3.65. The van der Waals surface area contributed by atoms with E-state index in [1.807, 2.05) is 17.5 Å². The number of hydrogen-bond acceptors (Lipinski definition) is 4. The van der Waals surface area contributed by atoms with Crippen LogP contribution in [0.1, 0.15) is 21.5 Å². The van der Waals surface area contributed by atoms with Crippen LogP contribution in [-0.2, 0) is 11.3 Å². The van der Waals surface area contributed by atoms with Crippen LogP contribution in [0.4, 0.5) is 5.00 Å². The molecule has 2 heterocycles. The van der Waals surface area contributed by atoms with Crippen molar-refractivity contribution in [1.82, 2.24) is 4.90 Å². The van der Waals surface area contributed by atoms with Crippen molar-refractivity contribution in [3.63, 3.8) is 0 Å². The first-order valence-corrected chi connectivity index (χ1v) is 7.41. The van der Waals surface area contributed by atoms with Crippen LogP contribution in [-0.4, -0.2) is 23.8 Å². The summed E-state index contributed by atoms with van der Waals surface area (Å²) < 4.78 is 0. The van der Waals surface area contributed by atoms with Crippen molar-refractivity contribution < 1.29 is 9.59 Å². The quantitative estimate of drug-likeness (QED) is 0.942. The van der Waals surface area contributed by atoms with Gasteiger partial charge in [0.25, 0.3) is 5.91 Å². The van der Waals surface area contributed by atoms with E-state index in [4.69, 9.17) is 0 Å². The predicted octanol–water partition coefficient (Wildman–Crippen LogP) is 3.04. The largest absolute Gasteiger partial charge is 0.336 e. The van der Waals surface area contributed by atoms with E-state index in [1.54, 1.807) is 35.4 Å². The molecule has 0 spiro atoms. The maximum atomic E-state index is 12.2. The summed E-state index contributed by atoms with van der Waals surface area (Å²) in [5, 5.41) is 5.36. The SMILES string of the molecule is CC(=O)Nc1ccc(C(=O)N(C)Cc2cccs2)s1. The zero-order valence-electron chi connectivity index (χ0n) is 10.7. The summed E-state index contributed by atoms with van der Waals surface area (Å²) in [5.41, 5.74) is 0. The molecule has 4 nitrogen and oxygen atoms in total. The van der Waals surface area contributed by atoms with Crippen molar-refractivity contribution in [2.75, 3.05) is 12.4 Å². The lowest BCUT2D eigenvalue weighted by molar-refractivity contribution is -0.114. The topological polar surface area (TPSA) is 49.4 Å². The fourth-order valence-electron chi connectivity index (χ4n) is 1.59. The van der Waals surface area contributed by atoms with Crippen molar-refractivity contribution in [2.45, 2.75) is 13.5 Å². The first-order valence-electron chi connectivity index (χ1n) is 5.71. The molecule has 0 saturated carbocycles. The van der Waals surface area contributed by atoms with Crippen LogP contribution < -0.4 is 5.32 Å². The Labute approximate surface area is 119 Å². The maximum absolute atomic E-state index is 12.2. The molecule has 0 radical (unpaired) electrons. The van der Waals surface area contributed by atoms with Gasteiger partial charge in [0.15, 0.2) is 0 Å².